The molecule has 160 valence electrons. The van der Waals surface area contributed by atoms with E-state index in [1.165, 1.54) is 4.90 Å². The lowest BCUT2D eigenvalue weighted by Gasteiger charge is -2.24. The highest BCUT2D eigenvalue weighted by Crippen LogP contribution is 2.32. The maximum absolute atomic E-state index is 12.8. The van der Waals surface area contributed by atoms with E-state index in [-0.39, 0.29) is 5.78 Å². The Labute approximate surface area is 178 Å². The molecule has 1 heterocycles. The lowest BCUT2D eigenvalue weighted by atomic mass is 10.0. The Bertz CT molecular complexity index is 887. The minimum Gasteiger partial charge on any atom is -0.496 e. The number of ketones is 1. The summed E-state index contributed by atoms with van der Waals surface area (Å²) in [6, 6.07) is 11.2. The van der Waals surface area contributed by atoms with Gasteiger partial charge in [-0.25, -0.2) is 0 Å². The molecule has 3 rings (SSSR count). The van der Waals surface area contributed by atoms with E-state index in [1.54, 1.807) is 32.4 Å². The quantitative estimate of drug-likeness (QED) is 0.506. The van der Waals surface area contributed by atoms with Gasteiger partial charge in [-0.3, -0.25) is 4.79 Å². The highest BCUT2D eigenvalue weighted by atomic mass is 16.5. The van der Waals surface area contributed by atoms with E-state index in [4.69, 9.17) is 18.9 Å². The molecular formula is C24H30NO5+. The number of para-hydroxylation sites is 1. The molecule has 1 aliphatic rings. The summed E-state index contributed by atoms with van der Waals surface area (Å²) < 4.78 is 22.0. The van der Waals surface area contributed by atoms with Crippen LogP contribution in [0.25, 0.3) is 6.08 Å². The lowest BCUT2D eigenvalue weighted by molar-refractivity contribution is -0.921. The predicted molar refractivity (Wildman–Crippen MR) is 116 cm³/mol. The van der Waals surface area contributed by atoms with Crippen LogP contribution in [0.5, 0.6) is 17.2 Å². The van der Waals surface area contributed by atoms with Gasteiger partial charge in [0.15, 0.2) is 17.3 Å². The first kappa shape index (κ1) is 21.9. The van der Waals surface area contributed by atoms with Crippen LogP contribution in [-0.2, 0) is 11.3 Å². The molecule has 1 N–H and O–H groups in total. The van der Waals surface area contributed by atoms with Crippen molar-refractivity contribution in [2.45, 2.75) is 13.5 Å². The Hall–Kier alpha value is -2.83. The maximum Gasteiger partial charge on any atom is 0.185 e. The molecule has 2 aromatic carbocycles. The Balaban J connectivity index is 1.80. The van der Waals surface area contributed by atoms with Crippen molar-refractivity contribution in [3.05, 3.63) is 59.2 Å². The number of rotatable bonds is 9. The van der Waals surface area contributed by atoms with Crippen molar-refractivity contribution in [2.24, 2.45) is 0 Å². The average molecular weight is 413 g/mol. The molecule has 0 unspecified atom stereocenters. The number of quaternary nitrogens is 1. The lowest BCUT2D eigenvalue weighted by Crippen LogP contribution is -3.12. The van der Waals surface area contributed by atoms with Crippen molar-refractivity contribution in [3.8, 4) is 17.2 Å². The summed E-state index contributed by atoms with van der Waals surface area (Å²) in [6.45, 7) is 6.72. The molecule has 0 spiro atoms. The number of hydrogen-bond donors (Lipinski definition) is 1. The summed E-state index contributed by atoms with van der Waals surface area (Å²) in [5, 5.41) is 0. The second-order valence-electron chi connectivity index (χ2n) is 7.07. The molecule has 6 heteroatoms. The minimum absolute atomic E-state index is 0.0697. The number of ether oxygens (including phenoxy) is 4. The van der Waals surface area contributed by atoms with Gasteiger partial charge in [-0.2, -0.15) is 0 Å². The summed E-state index contributed by atoms with van der Waals surface area (Å²) in [5.41, 5.74) is 2.46. The fraction of sp³-hybridized carbons (Fsp3) is 0.375. The molecule has 2 aromatic rings. The second-order valence-corrected chi connectivity index (χ2v) is 7.07. The zero-order chi connectivity index (χ0) is 21.3. The zero-order valence-electron chi connectivity index (χ0n) is 17.9. The van der Waals surface area contributed by atoms with Crippen molar-refractivity contribution in [1.29, 1.82) is 0 Å². The third kappa shape index (κ3) is 5.40. The molecule has 0 radical (unpaired) electrons. The number of carbonyl (C=O) groups excluding carboxylic acids is 1. The van der Waals surface area contributed by atoms with Crippen LogP contribution in [0.1, 0.15) is 28.4 Å². The zero-order valence-corrected chi connectivity index (χ0v) is 17.9. The molecule has 6 nitrogen and oxygen atoms in total. The molecule has 0 aliphatic carbocycles. The third-order valence-electron chi connectivity index (χ3n) is 5.13. The number of allylic oxidation sites excluding steroid dienone is 1. The number of benzene rings is 2. The Kier molecular flexibility index (Phi) is 7.88. The average Bonchev–Trinajstić information content (AvgIpc) is 2.78. The van der Waals surface area contributed by atoms with Gasteiger partial charge in [0.25, 0.3) is 0 Å². The second kappa shape index (κ2) is 10.8. The van der Waals surface area contributed by atoms with E-state index in [0.29, 0.717) is 23.7 Å². The Morgan fingerprint density at radius 1 is 1.10 bits per heavy atom. The number of hydrogen-bond acceptors (Lipinski definition) is 5. The van der Waals surface area contributed by atoms with Crippen LogP contribution >= 0.6 is 0 Å². The van der Waals surface area contributed by atoms with E-state index in [2.05, 4.69) is 0 Å². The van der Waals surface area contributed by atoms with E-state index >= 15 is 0 Å². The highest BCUT2D eigenvalue weighted by molar-refractivity contribution is 6.07. The van der Waals surface area contributed by atoms with Gasteiger partial charge in [-0.1, -0.05) is 12.1 Å². The molecule has 30 heavy (non-hydrogen) atoms. The topological polar surface area (TPSA) is 58.4 Å². The molecule has 1 fully saturated rings. The van der Waals surface area contributed by atoms with Crippen molar-refractivity contribution in [2.75, 3.05) is 47.1 Å². The normalized spacial score (nSPS) is 14.6. The van der Waals surface area contributed by atoms with Crippen LogP contribution in [-0.4, -0.2) is 52.9 Å². The highest BCUT2D eigenvalue weighted by Gasteiger charge is 2.18. The third-order valence-corrected chi connectivity index (χ3v) is 5.13. The molecule has 0 atom stereocenters. The summed E-state index contributed by atoms with van der Waals surface area (Å²) in [4.78, 5) is 14.3. The minimum atomic E-state index is -0.0697. The van der Waals surface area contributed by atoms with E-state index < -0.39 is 0 Å². The molecule has 0 saturated carbocycles. The smallest absolute Gasteiger partial charge is 0.185 e. The fourth-order valence-electron chi connectivity index (χ4n) is 3.59. The SMILES string of the molecule is CCOc1cccc(/C=C/C(=O)c2ccc(OC)c(C[NH+]3CCOCC3)c2)c1OC. The van der Waals surface area contributed by atoms with Gasteiger partial charge < -0.3 is 23.8 Å². The van der Waals surface area contributed by atoms with Gasteiger partial charge >= 0.3 is 0 Å². The molecule has 0 amide bonds. The monoisotopic (exact) mass is 412 g/mol. The molecule has 0 aromatic heterocycles. The van der Waals surface area contributed by atoms with E-state index in [1.807, 2.05) is 37.3 Å². The van der Waals surface area contributed by atoms with Gasteiger partial charge in [-0.15, -0.1) is 0 Å². The summed E-state index contributed by atoms with van der Waals surface area (Å²) >= 11 is 0. The molecular weight excluding hydrogens is 382 g/mol. The van der Waals surface area contributed by atoms with Crippen LogP contribution in [0.3, 0.4) is 0 Å². The van der Waals surface area contributed by atoms with Gasteiger partial charge in [0, 0.05) is 16.7 Å². The first-order chi connectivity index (χ1) is 14.7. The van der Waals surface area contributed by atoms with Crippen LogP contribution in [0.2, 0.25) is 0 Å². The fourth-order valence-corrected chi connectivity index (χ4v) is 3.59. The molecule has 1 aliphatic heterocycles. The number of carbonyl (C=O) groups is 1. The van der Waals surface area contributed by atoms with Crippen molar-refractivity contribution in [1.82, 2.24) is 0 Å². The predicted octanol–water partition coefficient (Wildman–Crippen LogP) is 2.41. The summed E-state index contributed by atoms with van der Waals surface area (Å²) in [5.74, 6) is 2.02. The standard InChI is InChI=1S/C24H29NO5/c1-4-30-23-7-5-6-18(24(23)28-3)8-10-21(26)19-9-11-22(27-2)20(16-19)17-25-12-14-29-15-13-25/h5-11,16H,4,12-15,17H2,1-3H3/p+1/b10-8+. The van der Waals surface area contributed by atoms with Crippen molar-refractivity contribution in [3.63, 3.8) is 0 Å². The number of nitrogens with one attached hydrogen (secondary N) is 1. The maximum atomic E-state index is 12.8. The Morgan fingerprint density at radius 2 is 1.90 bits per heavy atom. The summed E-state index contributed by atoms with van der Waals surface area (Å²) in [6.07, 6.45) is 3.33. The van der Waals surface area contributed by atoms with Crippen LogP contribution in [0, 0.1) is 0 Å². The number of morpholine rings is 1. The van der Waals surface area contributed by atoms with E-state index in [0.717, 1.165) is 49.7 Å². The Morgan fingerprint density at radius 3 is 2.60 bits per heavy atom. The first-order valence-corrected chi connectivity index (χ1v) is 10.3. The van der Waals surface area contributed by atoms with Gasteiger partial charge in [0.2, 0.25) is 0 Å². The molecule has 0 bridgehead atoms. The van der Waals surface area contributed by atoms with E-state index in [9.17, 15) is 4.79 Å². The first-order valence-electron chi connectivity index (χ1n) is 10.3. The van der Waals surface area contributed by atoms with Crippen LogP contribution in [0.4, 0.5) is 0 Å². The van der Waals surface area contributed by atoms with Crippen molar-refractivity contribution >= 4 is 11.9 Å². The van der Waals surface area contributed by atoms with Crippen molar-refractivity contribution < 1.29 is 28.6 Å². The molecule has 1 saturated heterocycles. The number of methoxy groups -OCH3 is 2. The van der Waals surface area contributed by atoms with Gasteiger partial charge in [-0.05, 0) is 43.3 Å². The summed E-state index contributed by atoms with van der Waals surface area (Å²) in [7, 11) is 3.26. The van der Waals surface area contributed by atoms with Crippen LogP contribution in [0.15, 0.2) is 42.5 Å². The largest absolute Gasteiger partial charge is 0.496 e. The van der Waals surface area contributed by atoms with Gasteiger partial charge in [0.05, 0.1) is 34.0 Å². The van der Waals surface area contributed by atoms with Gasteiger partial charge in [0.1, 0.15) is 25.4 Å². The van der Waals surface area contributed by atoms with Crippen LogP contribution < -0.4 is 19.1 Å².